The van der Waals surface area contributed by atoms with Gasteiger partial charge in [-0.05, 0) is 34.6 Å². The molecule has 0 aliphatic heterocycles. The van der Waals surface area contributed by atoms with Crippen molar-refractivity contribution in [3.05, 3.63) is 23.8 Å². The van der Waals surface area contributed by atoms with Crippen molar-refractivity contribution in [1.82, 2.24) is 14.7 Å². The maximum absolute atomic E-state index is 11.9. The number of rotatable bonds is 3. The Morgan fingerprint density at radius 2 is 1.94 bits per heavy atom. The predicted molar refractivity (Wildman–Crippen MR) is 66.2 cm³/mol. The molecule has 16 heavy (non-hydrogen) atoms. The zero-order valence-corrected chi connectivity index (χ0v) is 11.3. The maximum atomic E-state index is 11.9. The topological polar surface area (TPSA) is 60.9 Å². The fourth-order valence-corrected chi connectivity index (χ4v) is 1.82. The van der Waals surface area contributed by atoms with Gasteiger partial charge in [-0.2, -0.15) is 0 Å². The molecule has 0 radical (unpaired) electrons. The number of aryl methyl sites for hydroxylation is 1. The van der Waals surface area contributed by atoms with E-state index in [-0.39, 0.29) is 10.8 Å². The Labute approximate surface area is 100 Å². The Morgan fingerprint density at radius 1 is 1.31 bits per heavy atom. The van der Waals surface area contributed by atoms with Crippen LogP contribution in [-0.4, -0.2) is 19.3 Å². The number of aromatic nitrogens is 2. The van der Waals surface area contributed by atoms with Crippen molar-refractivity contribution in [2.45, 2.75) is 45.4 Å². The molecule has 1 aromatic rings. The largest absolute Gasteiger partial charge is 0.598 e. The van der Waals surface area contributed by atoms with Gasteiger partial charge in [0.15, 0.2) is 0 Å². The van der Waals surface area contributed by atoms with Crippen LogP contribution in [0.5, 0.6) is 0 Å². The van der Waals surface area contributed by atoms with E-state index in [0.717, 1.165) is 11.4 Å². The lowest BCUT2D eigenvalue weighted by atomic mass is 10.2. The molecule has 1 aromatic heterocycles. The van der Waals surface area contributed by atoms with Crippen LogP contribution in [0.2, 0.25) is 0 Å². The molecule has 1 rings (SSSR count). The molecular weight excluding hydrogens is 222 g/mol. The fourth-order valence-electron chi connectivity index (χ4n) is 1.02. The summed E-state index contributed by atoms with van der Waals surface area (Å²) in [5, 5.41) is 0. The van der Waals surface area contributed by atoms with Crippen LogP contribution < -0.4 is 4.72 Å². The lowest BCUT2D eigenvalue weighted by Crippen LogP contribution is -2.40. The molecule has 4 nitrogen and oxygen atoms in total. The molecule has 0 aromatic carbocycles. The molecular formula is C11H19N3OS. The van der Waals surface area contributed by atoms with Crippen LogP contribution in [0.15, 0.2) is 12.4 Å². The molecule has 0 saturated carbocycles. The lowest BCUT2D eigenvalue weighted by molar-refractivity contribution is 0.528. The third kappa shape index (κ3) is 3.73. The summed E-state index contributed by atoms with van der Waals surface area (Å²) in [6.07, 6.45) is 3.43. The molecule has 0 fully saturated rings. The first-order chi connectivity index (χ1) is 7.30. The van der Waals surface area contributed by atoms with Crippen LogP contribution in [0.25, 0.3) is 0 Å². The smallest absolute Gasteiger partial charge is 0.136 e. The number of hydrogen-bond donors (Lipinski definition) is 1. The molecule has 1 N–H and O–H groups in total. The average Bonchev–Trinajstić information content (AvgIpc) is 2.17. The van der Waals surface area contributed by atoms with Crippen LogP contribution in [0.4, 0.5) is 0 Å². The van der Waals surface area contributed by atoms with E-state index in [2.05, 4.69) is 14.7 Å². The first kappa shape index (κ1) is 13.4. The van der Waals surface area contributed by atoms with Crippen LogP contribution in [0, 0.1) is 6.92 Å². The monoisotopic (exact) mass is 241 g/mol. The molecule has 0 bridgehead atoms. The Bertz CT molecular complexity index is 334. The summed E-state index contributed by atoms with van der Waals surface area (Å²) in [5.74, 6) is 0. The minimum absolute atomic E-state index is 0.0619. The summed E-state index contributed by atoms with van der Waals surface area (Å²) >= 11 is -1.09. The standard InChI is InChI=1S/C11H19N3OS/c1-8-6-13-10(7-12-8)9(2)14-16(15)11(3,4)5/h6-7,9,14H,1-5H3/t9?,16-/m0/s1. The molecule has 0 aliphatic rings. The molecule has 0 spiro atoms. The van der Waals surface area contributed by atoms with Gasteiger partial charge in [0.2, 0.25) is 0 Å². The highest BCUT2D eigenvalue weighted by Gasteiger charge is 2.28. The van der Waals surface area contributed by atoms with E-state index in [1.807, 2.05) is 34.6 Å². The van der Waals surface area contributed by atoms with Gasteiger partial charge in [0.25, 0.3) is 0 Å². The Hall–Kier alpha value is -0.650. The van der Waals surface area contributed by atoms with E-state index >= 15 is 0 Å². The van der Waals surface area contributed by atoms with E-state index in [4.69, 9.17) is 0 Å². The van der Waals surface area contributed by atoms with Gasteiger partial charge in [0, 0.05) is 17.6 Å². The molecule has 2 atom stereocenters. The van der Waals surface area contributed by atoms with Gasteiger partial charge in [-0.25, -0.2) is 0 Å². The number of hydrogen-bond acceptors (Lipinski definition) is 4. The molecule has 0 aliphatic carbocycles. The highest BCUT2D eigenvalue weighted by molar-refractivity contribution is 7.90. The third-order valence-corrected chi connectivity index (χ3v) is 3.76. The van der Waals surface area contributed by atoms with E-state index in [1.165, 1.54) is 0 Å². The van der Waals surface area contributed by atoms with Crippen LogP contribution in [-0.2, 0) is 11.4 Å². The third-order valence-electron chi connectivity index (χ3n) is 2.08. The van der Waals surface area contributed by atoms with Crippen molar-refractivity contribution in [1.29, 1.82) is 0 Å². The first-order valence-corrected chi connectivity index (χ1v) is 6.42. The minimum Gasteiger partial charge on any atom is -0.598 e. The maximum Gasteiger partial charge on any atom is 0.136 e. The zero-order valence-electron chi connectivity index (χ0n) is 10.4. The molecule has 0 amide bonds. The summed E-state index contributed by atoms with van der Waals surface area (Å²) in [7, 11) is 0. The van der Waals surface area contributed by atoms with Gasteiger partial charge in [0.1, 0.15) is 4.75 Å². The summed E-state index contributed by atoms with van der Waals surface area (Å²) in [6, 6.07) is -0.0619. The van der Waals surface area contributed by atoms with Crippen molar-refractivity contribution < 1.29 is 4.55 Å². The molecule has 90 valence electrons. The summed E-state index contributed by atoms with van der Waals surface area (Å²) in [5.41, 5.74) is 1.69. The van der Waals surface area contributed by atoms with Gasteiger partial charge >= 0.3 is 0 Å². The highest BCUT2D eigenvalue weighted by atomic mass is 32.2. The first-order valence-electron chi connectivity index (χ1n) is 5.27. The van der Waals surface area contributed by atoms with E-state index in [1.54, 1.807) is 12.4 Å². The van der Waals surface area contributed by atoms with Crippen molar-refractivity contribution in [3.8, 4) is 0 Å². The van der Waals surface area contributed by atoms with Crippen LogP contribution >= 0.6 is 0 Å². The van der Waals surface area contributed by atoms with Gasteiger partial charge in [-0.15, -0.1) is 4.72 Å². The van der Waals surface area contributed by atoms with Gasteiger partial charge in [-0.1, -0.05) is 0 Å². The molecule has 1 heterocycles. The van der Waals surface area contributed by atoms with Gasteiger partial charge < -0.3 is 4.55 Å². The predicted octanol–water partition coefficient (Wildman–Crippen LogP) is 1.90. The second kappa shape index (κ2) is 5.12. The van der Waals surface area contributed by atoms with Crippen LogP contribution in [0.1, 0.15) is 45.1 Å². The van der Waals surface area contributed by atoms with Crippen molar-refractivity contribution in [2.75, 3.05) is 0 Å². The number of nitrogens with one attached hydrogen (secondary N) is 1. The van der Waals surface area contributed by atoms with E-state index in [9.17, 15) is 4.55 Å². The summed E-state index contributed by atoms with van der Waals surface area (Å²) < 4.78 is 14.6. The van der Waals surface area contributed by atoms with Gasteiger partial charge in [-0.3, -0.25) is 9.97 Å². The molecule has 1 unspecified atom stereocenters. The Balaban J connectivity index is 2.65. The minimum atomic E-state index is -1.09. The summed E-state index contributed by atoms with van der Waals surface area (Å²) in [4.78, 5) is 8.42. The quantitative estimate of drug-likeness (QED) is 0.821. The highest BCUT2D eigenvalue weighted by Crippen LogP contribution is 2.17. The van der Waals surface area contributed by atoms with Crippen LogP contribution in [0.3, 0.4) is 0 Å². The SMILES string of the molecule is Cc1cnc(C(C)N[S@@+]([O-])C(C)(C)C)cn1. The summed E-state index contributed by atoms with van der Waals surface area (Å²) in [6.45, 7) is 9.63. The fraction of sp³-hybridized carbons (Fsp3) is 0.636. The number of nitrogens with zero attached hydrogens (tertiary/aromatic N) is 2. The second-order valence-electron chi connectivity index (χ2n) is 4.80. The Morgan fingerprint density at radius 3 is 2.38 bits per heavy atom. The zero-order chi connectivity index (χ0) is 12.3. The van der Waals surface area contributed by atoms with Gasteiger partial charge in [0.05, 0.1) is 23.6 Å². The normalized spacial score (nSPS) is 15.9. The second-order valence-corrected chi connectivity index (χ2v) is 6.80. The van der Waals surface area contributed by atoms with Crippen molar-refractivity contribution in [2.24, 2.45) is 0 Å². The van der Waals surface area contributed by atoms with E-state index < -0.39 is 11.4 Å². The van der Waals surface area contributed by atoms with Crippen molar-refractivity contribution >= 4 is 11.4 Å². The molecule has 5 heteroatoms. The Kier molecular flexibility index (Phi) is 4.29. The average molecular weight is 241 g/mol. The molecule has 0 saturated heterocycles. The van der Waals surface area contributed by atoms with E-state index in [0.29, 0.717) is 0 Å². The van der Waals surface area contributed by atoms with Crippen molar-refractivity contribution in [3.63, 3.8) is 0 Å². The lowest BCUT2D eigenvalue weighted by Gasteiger charge is -2.26.